The first-order valence-corrected chi connectivity index (χ1v) is 7.34. The summed E-state index contributed by atoms with van der Waals surface area (Å²) in [5, 5.41) is 0. The van der Waals surface area contributed by atoms with E-state index in [1.54, 1.807) is 18.6 Å². The summed E-state index contributed by atoms with van der Waals surface area (Å²) in [7, 11) is 0. The van der Waals surface area contributed by atoms with Gasteiger partial charge in [0.1, 0.15) is 5.69 Å². The van der Waals surface area contributed by atoms with Gasteiger partial charge in [0.2, 0.25) is 0 Å². The summed E-state index contributed by atoms with van der Waals surface area (Å²) < 4.78 is 0. The molecule has 2 saturated carbocycles. The fraction of sp³-hybridized carbons (Fsp3) is 0.667. The third kappa shape index (κ3) is 2.77. The SMILES string of the molecule is CC1CCC(N(C(=O)c2cnccn2)C2CC2)CC1. The lowest BCUT2D eigenvalue weighted by Crippen LogP contribution is -2.44. The van der Waals surface area contributed by atoms with Crippen LogP contribution in [0.4, 0.5) is 0 Å². The summed E-state index contributed by atoms with van der Waals surface area (Å²) in [6, 6.07) is 0.867. The first-order chi connectivity index (χ1) is 9.25. The lowest BCUT2D eigenvalue weighted by atomic mass is 9.86. The van der Waals surface area contributed by atoms with Crippen molar-refractivity contribution in [1.29, 1.82) is 0 Å². The molecule has 0 N–H and O–H groups in total. The average Bonchev–Trinajstić information content (AvgIpc) is 3.27. The van der Waals surface area contributed by atoms with E-state index in [2.05, 4.69) is 21.8 Å². The van der Waals surface area contributed by atoms with Gasteiger partial charge in [-0.1, -0.05) is 6.92 Å². The van der Waals surface area contributed by atoms with E-state index in [4.69, 9.17) is 0 Å². The van der Waals surface area contributed by atoms with Gasteiger partial charge in [-0.15, -0.1) is 0 Å². The van der Waals surface area contributed by atoms with E-state index in [0.29, 0.717) is 17.8 Å². The number of rotatable bonds is 3. The number of amides is 1. The van der Waals surface area contributed by atoms with E-state index in [1.165, 1.54) is 12.8 Å². The van der Waals surface area contributed by atoms with E-state index in [0.717, 1.165) is 31.6 Å². The fourth-order valence-electron chi connectivity index (χ4n) is 3.04. The van der Waals surface area contributed by atoms with Gasteiger partial charge in [0.25, 0.3) is 5.91 Å². The Hall–Kier alpha value is -1.45. The van der Waals surface area contributed by atoms with Gasteiger partial charge >= 0.3 is 0 Å². The van der Waals surface area contributed by atoms with Crippen LogP contribution in [0.3, 0.4) is 0 Å². The molecular weight excluding hydrogens is 238 g/mol. The van der Waals surface area contributed by atoms with Crippen LogP contribution in [-0.4, -0.2) is 32.9 Å². The zero-order valence-corrected chi connectivity index (χ0v) is 11.5. The molecule has 3 rings (SSSR count). The molecular formula is C15H21N3O. The predicted molar refractivity (Wildman–Crippen MR) is 72.6 cm³/mol. The summed E-state index contributed by atoms with van der Waals surface area (Å²) in [5.74, 6) is 0.888. The number of carbonyl (C=O) groups excluding carboxylic acids is 1. The molecule has 0 atom stereocenters. The maximum absolute atomic E-state index is 12.6. The Labute approximate surface area is 114 Å². The Balaban J connectivity index is 1.76. The molecule has 0 spiro atoms. The highest BCUT2D eigenvalue weighted by Gasteiger charge is 2.39. The maximum Gasteiger partial charge on any atom is 0.274 e. The molecule has 2 aliphatic rings. The van der Waals surface area contributed by atoms with Crippen molar-refractivity contribution in [2.24, 2.45) is 5.92 Å². The summed E-state index contributed by atoms with van der Waals surface area (Å²) >= 11 is 0. The van der Waals surface area contributed by atoms with Gasteiger partial charge in [0.05, 0.1) is 6.20 Å². The van der Waals surface area contributed by atoms with Gasteiger partial charge in [-0.25, -0.2) is 4.98 Å². The quantitative estimate of drug-likeness (QED) is 0.838. The van der Waals surface area contributed by atoms with Crippen LogP contribution < -0.4 is 0 Å². The molecule has 102 valence electrons. The minimum atomic E-state index is 0.0788. The highest BCUT2D eigenvalue weighted by atomic mass is 16.2. The molecule has 2 aliphatic carbocycles. The van der Waals surface area contributed by atoms with Gasteiger partial charge in [-0.2, -0.15) is 0 Å². The largest absolute Gasteiger partial charge is 0.331 e. The van der Waals surface area contributed by atoms with Crippen molar-refractivity contribution in [2.75, 3.05) is 0 Å². The zero-order chi connectivity index (χ0) is 13.2. The third-order valence-electron chi connectivity index (χ3n) is 4.34. The van der Waals surface area contributed by atoms with E-state index < -0.39 is 0 Å². The van der Waals surface area contributed by atoms with Crippen molar-refractivity contribution in [2.45, 2.75) is 57.5 Å². The molecule has 1 amide bonds. The molecule has 0 aliphatic heterocycles. The smallest absolute Gasteiger partial charge is 0.274 e. The van der Waals surface area contributed by atoms with Crippen molar-refractivity contribution < 1.29 is 4.79 Å². The Bertz CT molecular complexity index is 436. The van der Waals surface area contributed by atoms with Crippen LogP contribution >= 0.6 is 0 Å². The third-order valence-corrected chi connectivity index (χ3v) is 4.34. The van der Waals surface area contributed by atoms with Gasteiger partial charge in [0, 0.05) is 24.5 Å². The van der Waals surface area contributed by atoms with Crippen LogP contribution in [0, 0.1) is 5.92 Å². The monoisotopic (exact) mass is 259 g/mol. The Morgan fingerprint density at radius 2 is 1.74 bits per heavy atom. The first-order valence-electron chi connectivity index (χ1n) is 7.34. The minimum absolute atomic E-state index is 0.0788. The van der Waals surface area contributed by atoms with Crippen molar-refractivity contribution >= 4 is 5.91 Å². The van der Waals surface area contributed by atoms with E-state index in [-0.39, 0.29) is 5.91 Å². The van der Waals surface area contributed by atoms with Crippen LogP contribution in [0.15, 0.2) is 18.6 Å². The molecule has 0 saturated heterocycles. The standard InChI is InChI=1S/C15H21N3O/c1-11-2-4-12(5-3-11)18(13-6-7-13)15(19)14-10-16-8-9-17-14/h8-13H,2-7H2,1H3. The normalized spacial score (nSPS) is 27.0. The van der Waals surface area contributed by atoms with E-state index >= 15 is 0 Å². The second-order valence-electron chi connectivity index (χ2n) is 5.95. The lowest BCUT2D eigenvalue weighted by Gasteiger charge is -2.36. The van der Waals surface area contributed by atoms with Gasteiger partial charge in [-0.05, 0) is 44.4 Å². The number of hydrogen-bond donors (Lipinski definition) is 0. The first kappa shape index (κ1) is 12.6. The van der Waals surface area contributed by atoms with Crippen LogP contribution in [0.2, 0.25) is 0 Å². The molecule has 0 unspecified atom stereocenters. The summed E-state index contributed by atoms with van der Waals surface area (Å²) in [4.78, 5) is 22.9. The molecule has 19 heavy (non-hydrogen) atoms. The van der Waals surface area contributed by atoms with E-state index in [9.17, 15) is 4.79 Å². The minimum Gasteiger partial charge on any atom is -0.331 e. The highest BCUT2D eigenvalue weighted by molar-refractivity contribution is 5.92. The topological polar surface area (TPSA) is 46.1 Å². The Morgan fingerprint density at radius 3 is 2.26 bits per heavy atom. The number of carbonyl (C=O) groups is 1. The molecule has 1 aromatic heterocycles. The van der Waals surface area contributed by atoms with Crippen molar-refractivity contribution in [3.05, 3.63) is 24.3 Å². The van der Waals surface area contributed by atoms with Crippen LogP contribution in [0.1, 0.15) is 55.9 Å². The second kappa shape index (κ2) is 5.27. The molecule has 4 heteroatoms. The molecule has 1 aromatic rings. The molecule has 0 radical (unpaired) electrons. The molecule has 0 aromatic carbocycles. The molecule has 4 nitrogen and oxygen atoms in total. The van der Waals surface area contributed by atoms with E-state index in [1.807, 2.05) is 0 Å². The van der Waals surface area contributed by atoms with Crippen LogP contribution in [0.25, 0.3) is 0 Å². The number of aromatic nitrogens is 2. The summed E-state index contributed by atoms with van der Waals surface area (Å²) in [6.07, 6.45) is 11.9. The van der Waals surface area contributed by atoms with Gasteiger partial charge < -0.3 is 4.90 Å². The summed E-state index contributed by atoms with van der Waals surface area (Å²) in [6.45, 7) is 2.31. The number of nitrogens with zero attached hydrogens (tertiary/aromatic N) is 3. The average molecular weight is 259 g/mol. The maximum atomic E-state index is 12.6. The van der Waals surface area contributed by atoms with Gasteiger partial charge in [0.15, 0.2) is 0 Å². The zero-order valence-electron chi connectivity index (χ0n) is 11.5. The van der Waals surface area contributed by atoms with Crippen molar-refractivity contribution in [3.8, 4) is 0 Å². The molecule has 0 bridgehead atoms. The van der Waals surface area contributed by atoms with Gasteiger partial charge in [-0.3, -0.25) is 9.78 Å². The van der Waals surface area contributed by atoms with Crippen LogP contribution in [0.5, 0.6) is 0 Å². The van der Waals surface area contributed by atoms with Crippen LogP contribution in [-0.2, 0) is 0 Å². The van der Waals surface area contributed by atoms with Crippen molar-refractivity contribution in [1.82, 2.24) is 14.9 Å². The Morgan fingerprint density at radius 1 is 1.11 bits per heavy atom. The molecule has 2 fully saturated rings. The Kier molecular flexibility index (Phi) is 3.49. The molecule has 1 heterocycles. The number of hydrogen-bond acceptors (Lipinski definition) is 3. The summed E-state index contributed by atoms with van der Waals surface area (Å²) in [5.41, 5.74) is 0.494. The van der Waals surface area contributed by atoms with Crippen molar-refractivity contribution in [3.63, 3.8) is 0 Å². The second-order valence-corrected chi connectivity index (χ2v) is 5.95. The highest BCUT2D eigenvalue weighted by Crippen LogP contribution is 2.35. The lowest BCUT2D eigenvalue weighted by molar-refractivity contribution is 0.0586. The predicted octanol–water partition coefficient (Wildman–Crippen LogP) is 2.66. The fourth-order valence-corrected chi connectivity index (χ4v) is 3.04.